The van der Waals surface area contributed by atoms with E-state index in [1.165, 1.54) is 34.1 Å². The molecule has 2 aliphatic rings. The first kappa shape index (κ1) is 33.4. The van der Waals surface area contributed by atoms with Crippen molar-refractivity contribution in [2.24, 2.45) is 5.16 Å². The number of thiazole rings is 1. The number of carboxylic acids is 1. The third-order valence-electron chi connectivity index (χ3n) is 7.92. The van der Waals surface area contributed by atoms with Gasteiger partial charge >= 0.3 is 5.97 Å². The number of oxime groups is 1. The van der Waals surface area contributed by atoms with Crippen LogP contribution in [0.25, 0.3) is 0 Å². The molecule has 2 aliphatic heterocycles. The maximum atomic E-state index is 13.7. The van der Waals surface area contributed by atoms with Crippen LogP contribution in [0.15, 0.2) is 125 Å². The zero-order valence-corrected chi connectivity index (χ0v) is 29.2. The summed E-state index contributed by atoms with van der Waals surface area (Å²) in [4.78, 5) is 50.3. The van der Waals surface area contributed by atoms with Crippen LogP contribution < -0.4 is 10.6 Å². The number of nitrogens with one attached hydrogen (secondary N) is 2. The van der Waals surface area contributed by atoms with Gasteiger partial charge in [0.25, 0.3) is 11.8 Å². The maximum absolute atomic E-state index is 13.7. The number of carbonyl (C=O) groups is 3. The van der Waals surface area contributed by atoms with Crippen molar-refractivity contribution in [3.63, 3.8) is 0 Å². The fraction of sp³-hybridized carbons (Fsp3) is 0.171. The average molecular weight is 792 g/mol. The predicted molar refractivity (Wildman–Crippen MR) is 196 cm³/mol. The molecule has 1 aromatic heterocycles. The Bertz CT molecular complexity index is 1790. The Balaban J connectivity index is 1.32. The van der Waals surface area contributed by atoms with Gasteiger partial charge in [0.2, 0.25) is 0 Å². The van der Waals surface area contributed by atoms with Crippen LogP contribution in [0.5, 0.6) is 0 Å². The minimum absolute atomic E-state index is 0.0131. The first-order valence-electron chi connectivity index (χ1n) is 14.9. The second-order valence-electron chi connectivity index (χ2n) is 10.8. The molecule has 4 aromatic rings. The molecule has 6 rings (SSSR count). The van der Waals surface area contributed by atoms with Gasteiger partial charge in [0.1, 0.15) is 35.0 Å². The van der Waals surface area contributed by atoms with Gasteiger partial charge in [-0.25, -0.2) is 9.78 Å². The van der Waals surface area contributed by atoms with E-state index in [0.29, 0.717) is 20.9 Å². The Morgan fingerprint density at radius 2 is 1.62 bits per heavy atom. The first-order valence-corrected chi connectivity index (χ1v) is 18.3. The van der Waals surface area contributed by atoms with Crippen molar-refractivity contribution >= 4 is 74.3 Å². The SMILES string of the molecule is C=CCO/N=C(\C(=O)NC1C(=O)N2C(C(=O)O)=C(CI)CS[C@H]12)c1csc(NC(c2ccccc2)(c2ccccc2)c2ccccc2)n1. The number of aromatic nitrogens is 1. The van der Waals surface area contributed by atoms with Gasteiger partial charge in [-0.2, -0.15) is 0 Å². The summed E-state index contributed by atoms with van der Waals surface area (Å²) in [6, 6.07) is 29.2. The maximum Gasteiger partial charge on any atom is 0.352 e. The van der Waals surface area contributed by atoms with Crippen LogP contribution in [0.1, 0.15) is 22.4 Å². The van der Waals surface area contributed by atoms with Gasteiger partial charge in [0, 0.05) is 15.6 Å². The van der Waals surface area contributed by atoms with Gasteiger partial charge in [0.05, 0.1) is 0 Å². The Kier molecular flexibility index (Phi) is 10.3. The monoisotopic (exact) mass is 791 g/mol. The standard InChI is InChI=1S/C35H30IN5O5S2/c1-2-18-46-40-27(30(42)38-28-31(43)41-29(33(44)45)22(19-36)20-47-32(28)41)26-21-48-34(37-26)39-35(23-12-6-3-7-13-23,24-14-8-4-9-15-24)25-16-10-5-11-17-25/h2-17,21,28,32H,1,18-20H2,(H,37,39)(H,38,42)(H,44,45)/b40-27-/t28?,32-/m1/s1. The highest BCUT2D eigenvalue weighted by Gasteiger charge is 2.54. The van der Waals surface area contributed by atoms with Crippen molar-refractivity contribution in [2.75, 3.05) is 22.1 Å². The van der Waals surface area contributed by atoms with E-state index in [2.05, 4.69) is 81.4 Å². The number of benzene rings is 3. The molecule has 0 saturated carbocycles. The minimum Gasteiger partial charge on any atom is -0.477 e. The van der Waals surface area contributed by atoms with Gasteiger partial charge in [-0.15, -0.1) is 23.1 Å². The van der Waals surface area contributed by atoms with E-state index in [1.54, 1.807) is 5.38 Å². The Hall–Kier alpha value is -4.47. The van der Waals surface area contributed by atoms with Crippen molar-refractivity contribution in [1.29, 1.82) is 0 Å². The molecule has 0 spiro atoms. The number of hydrogen-bond donors (Lipinski definition) is 3. The summed E-state index contributed by atoms with van der Waals surface area (Å²) in [5.41, 5.74) is 2.88. The molecular formula is C35H30IN5O5S2. The number of anilines is 1. The summed E-state index contributed by atoms with van der Waals surface area (Å²) in [6.45, 7) is 3.69. The Morgan fingerprint density at radius 1 is 1.04 bits per heavy atom. The van der Waals surface area contributed by atoms with Crippen molar-refractivity contribution in [3.05, 3.63) is 143 Å². The van der Waals surface area contributed by atoms with Crippen LogP contribution in [0.3, 0.4) is 0 Å². The Morgan fingerprint density at radius 3 is 2.15 bits per heavy atom. The van der Waals surface area contributed by atoms with Crippen LogP contribution in [0.4, 0.5) is 5.13 Å². The minimum atomic E-state index is -1.16. The first-order chi connectivity index (χ1) is 23.4. The summed E-state index contributed by atoms with van der Waals surface area (Å²) in [5, 5.41) is 22.0. The van der Waals surface area contributed by atoms with Crippen molar-refractivity contribution in [3.8, 4) is 0 Å². The van der Waals surface area contributed by atoms with E-state index in [1.807, 2.05) is 54.6 Å². The lowest BCUT2D eigenvalue weighted by atomic mass is 9.77. The molecule has 0 bridgehead atoms. The second kappa shape index (κ2) is 14.7. The highest BCUT2D eigenvalue weighted by atomic mass is 127. The number of amides is 2. The summed E-state index contributed by atoms with van der Waals surface area (Å²) in [5.74, 6) is -1.88. The van der Waals surface area contributed by atoms with Crippen LogP contribution in [0, 0.1) is 0 Å². The number of hydrogen-bond acceptors (Lipinski definition) is 9. The summed E-state index contributed by atoms with van der Waals surface area (Å²) >= 11 is 4.80. The Labute approximate surface area is 299 Å². The molecule has 244 valence electrons. The topological polar surface area (TPSA) is 133 Å². The van der Waals surface area contributed by atoms with E-state index in [9.17, 15) is 19.5 Å². The highest BCUT2D eigenvalue weighted by Crippen LogP contribution is 2.42. The van der Waals surface area contributed by atoms with Crippen LogP contribution >= 0.6 is 45.7 Å². The molecule has 1 fully saturated rings. The van der Waals surface area contributed by atoms with E-state index < -0.39 is 34.7 Å². The van der Waals surface area contributed by atoms with E-state index >= 15 is 0 Å². The fourth-order valence-corrected chi connectivity index (χ4v) is 8.83. The lowest BCUT2D eigenvalue weighted by Crippen LogP contribution is -2.71. The number of aliphatic carboxylic acids is 1. The van der Waals surface area contributed by atoms with Gasteiger partial charge in [-0.3, -0.25) is 14.5 Å². The number of halogens is 1. The molecule has 48 heavy (non-hydrogen) atoms. The average Bonchev–Trinajstić information content (AvgIpc) is 3.59. The van der Waals surface area contributed by atoms with Gasteiger partial charge in [-0.05, 0) is 22.3 Å². The summed E-state index contributed by atoms with van der Waals surface area (Å²) in [7, 11) is 0. The molecular weight excluding hydrogens is 761 g/mol. The third kappa shape index (κ3) is 6.36. The number of alkyl halides is 1. The number of nitrogens with zero attached hydrogens (tertiary/aromatic N) is 3. The zero-order chi connectivity index (χ0) is 33.7. The predicted octanol–water partition coefficient (Wildman–Crippen LogP) is 5.63. The fourth-order valence-electron chi connectivity index (χ4n) is 5.74. The molecule has 3 heterocycles. The second-order valence-corrected chi connectivity index (χ2v) is 13.5. The van der Waals surface area contributed by atoms with E-state index in [4.69, 9.17) is 9.82 Å². The third-order valence-corrected chi connectivity index (χ3v) is 10.9. The van der Waals surface area contributed by atoms with Crippen molar-refractivity contribution in [2.45, 2.75) is 17.0 Å². The lowest BCUT2D eigenvalue weighted by Gasteiger charge is -2.49. The number of carbonyl (C=O) groups excluding carboxylic acids is 2. The van der Waals surface area contributed by atoms with Crippen LogP contribution in [-0.2, 0) is 24.8 Å². The molecule has 2 amide bonds. The number of β-lactam (4-membered cyclic amide) rings is 1. The number of rotatable bonds is 13. The summed E-state index contributed by atoms with van der Waals surface area (Å²) in [6.07, 6.45) is 1.50. The largest absolute Gasteiger partial charge is 0.477 e. The molecule has 1 unspecified atom stereocenters. The van der Waals surface area contributed by atoms with E-state index in [-0.39, 0.29) is 23.7 Å². The number of thioether (sulfide) groups is 1. The number of carboxylic acid groups (broad SMARTS) is 1. The molecule has 13 heteroatoms. The zero-order valence-electron chi connectivity index (χ0n) is 25.4. The molecule has 1 saturated heterocycles. The highest BCUT2D eigenvalue weighted by molar-refractivity contribution is 14.1. The molecule has 0 radical (unpaired) electrons. The number of fused-ring (bicyclic) bond motifs is 1. The molecule has 0 aliphatic carbocycles. The van der Waals surface area contributed by atoms with Gasteiger partial charge < -0.3 is 20.6 Å². The van der Waals surface area contributed by atoms with Gasteiger partial charge in [0.15, 0.2) is 10.8 Å². The van der Waals surface area contributed by atoms with E-state index in [0.717, 1.165) is 16.7 Å². The summed E-state index contributed by atoms with van der Waals surface area (Å²) < 4.78 is 0.484. The van der Waals surface area contributed by atoms with Gasteiger partial charge in [-0.1, -0.05) is 131 Å². The van der Waals surface area contributed by atoms with Crippen molar-refractivity contribution in [1.82, 2.24) is 15.2 Å². The lowest BCUT2D eigenvalue weighted by molar-refractivity contribution is -0.150. The molecule has 10 nitrogen and oxygen atoms in total. The van der Waals surface area contributed by atoms with Crippen molar-refractivity contribution < 1.29 is 24.3 Å². The molecule has 3 aromatic carbocycles. The molecule has 3 N–H and O–H groups in total. The quantitative estimate of drug-likeness (QED) is 0.0232. The molecule has 2 atom stereocenters. The normalized spacial score (nSPS) is 17.6. The smallest absolute Gasteiger partial charge is 0.352 e. The van der Waals surface area contributed by atoms with Crippen LogP contribution in [0.2, 0.25) is 0 Å². The van der Waals surface area contributed by atoms with Crippen LogP contribution in [-0.4, -0.2) is 66.7 Å².